The number of aromatic amines is 1. The van der Waals surface area contributed by atoms with Gasteiger partial charge in [-0.1, -0.05) is 12.1 Å². The van der Waals surface area contributed by atoms with Gasteiger partial charge in [0, 0.05) is 29.3 Å². The monoisotopic (exact) mass is 254 g/mol. The van der Waals surface area contributed by atoms with E-state index < -0.39 is 0 Å². The summed E-state index contributed by atoms with van der Waals surface area (Å²) >= 11 is 0. The van der Waals surface area contributed by atoms with E-state index in [4.69, 9.17) is 4.52 Å². The normalized spacial score (nSPS) is 16.9. The van der Waals surface area contributed by atoms with Crippen LogP contribution in [0.25, 0.3) is 22.4 Å². The van der Waals surface area contributed by atoms with E-state index in [1.54, 1.807) is 6.20 Å². The minimum atomic E-state index is 0.366. The van der Waals surface area contributed by atoms with Gasteiger partial charge in [-0.15, -0.1) is 0 Å². The highest BCUT2D eigenvalue weighted by atomic mass is 16.5. The summed E-state index contributed by atoms with van der Waals surface area (Å²) < 4.78 is 5.42. The fourth-order valence-corrected chi connectivity index (χ4v) is 2.48. The fourth-order valence-electron chi connectivity index (χ4n) is 2.48. The first-order valence-corrected chi connectivity index (χ1v) is 6.59. The predicted molar refractivity (Wildman–Crippen MR) is 70.5 cm³/mol. The molecule has 4 rings (SSSR count). The molecule has 1 aliphatic carbocycles. The molecule has 0 aliphatic heterocycles. The van der Waals surface area contributed by atoms with Gasteiger partial charge >= 0.3 is 0 Å². The van der Waals surface area contributed by atoms with Gasteiger partial charge in [-0.2, -0.15) is 4.98 Å². The Morgan fingerprint density at radius 2 is 2.26 bits per heavy atom. The fraction of sp³-hybridized carbons (Fsp3) is 0.357. The number of hydrogen-bond acceptors (Lipinski definition) is 4. The van der Waals surface area contributed by atoms with Crippen molar-refractivity contribution in [2.45, 2.75) is 25.7 Å². The molecule has 0 radical (unpaired) electrons. The zero-order valence-electron chi connectivity index (χ0n) is 10.6. The van der Waals surface area contributed by atoms with E-state index in [2.05, 4.69) is 27.0 Å². The maximum Gasteiger partial charge on any atom is 0.230 e. The summed E-state index contributed by atoms with van der Waals surface area (Å²) in [4.78, 5) is 11.9. The average molecular weight is 254 g/mol. The zero-order chi connectivity index (χ0) is 12.8. The van der Waals surface area contributed by atoms with Crippen LogP contribution in [-0.2, 0) is 0 Å². The van der Waals surface area contributed by atoms with Crippen LogP contribution >= 0.6 is 0 Å². The van der Waals surface area contributed by atoms with Gasteiger partial charge in [-0.3, -0.25) is 0 Å². The lowest BCUT2D eigenvalue weighted by Gasteiger charge is -2.01. The number of pyridine rings is 1. The number of H-pyrrole nitrogens is 1. The Hall–Kier alpha value is -2.17. The molecule has 3 heterocycles. The second-order valence-corrected chi connectivity index (χ2v) is 5.18. The number of rotatable bonds is 3. The second-order valence-electron chi connectivity index (χ2n) is 5.18. The lowest BCUT2D eigenvalue weighted by molar-refractivity contribution is 0.349. The first-order chi connectivity index (χ1) is 9.33. The molecule has 0 spiro atoms. The van der Waals surface area contributed by atoms with Crippen LogP contribution in [0.1, 0.15) is 31.6 Å². The van der Waals surface area contributed by atoms with Gasteiger partial charge < -0.3 is 9.51 Å². The molecular formula is C14H14N4O. The van der Waals surface area contributed by atoms with Gasteiger partial charge in [0.2, 0.25) is 11.7 Å². The van der Waals surface area contributed by atoms with Crippen molar-refractivity contribution in [1.29, 1.82) is 0 Å². The van der Waals surface area contributed by atoms with Crippen molar-refractivity contribution in [3.05, 3.63) is 30.4 Å². The molecule has 96 valence electrons. The van der Waals surface area contributed by atoms with E-state index >= 15 is 0 Å². The van der Waals surface area contributed by atoms with E-state index in [-0.39, 0.29) is 0 Å². The molecule has 1 aliphatic rings. The Morgan fingerprint density at radius 1 is 1.37 bits per heavy atom. The molecule has 0 amide bonds. The third-order valence-corrected chi connectivity index (χ3v) is 3.86. The Kier molecular flexibility index (Phi) is 2.21. The number of nitrogens with one attached hydrogen (secondary N) is 1. The number of fused-ring (bicyclic) bond motifs is 1. The lowest BCUT2D eigenvalue weighted by Crippen LogP contribution is -1.95. The van der Waals surface area contributed by atoms with Crippen molar-refractivity contribution < 1.29 is 4.52 Å². The summed E-state index contributed by atoms with van der Waals surface area (Å²) in [5, 5.41) is 5.14. The SMILES string of the molecule is CC(c1nc(-c2ccnc3[nH]ccc23)no1)C1CC1. The number of hydrogen-bond donors (Lipinski definition) is 1. The molecule has 1 atom stereocenters. The molecule has 3 aromatic rings. The van der Waals surface area contributed by atoms with Crippen LogP contribution in [0.2, 0.25) is 0 Å². The highest BCUT2D eigenvalue weighted by Crippen LogP contribution is 2.42. The number of nitrogens with zero attached hydrogens (tertiary/aromatic N) is 3. The van der Waals surface area contributed by atoms with Crippen molar-refractivity contribution in [1.82, 2.24) is 20.1 Å². The maximum absolute atomic E-state index is 5.42. The molecule has 3 aromatic heterocycles. The summed E-state index contributed by atoms with van der Waals surface area (Å²) in [7, 11) is 0. The largest absolute Gasteiger partial charge is 0.346 e. The van der Waals surface area contributed by atoms with Crippen molar-refractivity contribution in [2.24, 2.45) is 5.92 Å². The Labute approximate surface area is 110 Å². The lowest BCUT2D eigenvalue weighted by atomic mass is 10.1. The van der Waals surface area contributed by atoms with Crippen LogP contribution in [0.4, 0.5) is 0 Å². The maximum atomic E-state index is 5.42. The molecule has 0 aromatic carbocycles. The standard InChI is InChI=1S/C14H14N4O/c1-8(9-2-3-9)14-17-13(18-19-14)11-5-7-16-12-10(11)4-6-15-12/h4-9H,2-3H2,1H3,(H,15,16). The summed E-state index contributed by atoms with van der Waals surface area (Å²) in [6.07, 6.45) is 6.18. The summed E-state index contributed by atoms with van der Waals surface area (Å²) in [6, 6.07) is 3.91. The van der Waals surface area contributed by atoms with E-state index in [0.717, 1.165) is 28.4 Å². The van der Waals surface area contributed by atoms with Gasteiger partial charge in [0.05, 0.1) is 0 Å². The molecule has 5 heteroatoms. The third-order valence-electron chi connectivity index (χ3n) is 3.86. The second kappa shape index (κ2) is 3.91. The van der Waals surface area contributed by atoms with Crippen molar-refractivity contribution in [3.63, 3.8) is 0 Å². The number of aromatic nitrogens is 4. The van der Waals surface area contributed by atoms with Gasteiger partial charge in [-0.25, -0.2) is 4.98 Å². The highest BCUT2D eigenvalue weighted by Gasteiger charge is 2.32. The molecule has 1 fully saturated rings. The molecule has 0 saturated heterocycles. The minimum Gasteiger partial charge on any atom is -0.346 e. The van der Waals surface area contributed by atoms with Crippen LogP contribution in [0.5, 0.6) is 0 Å². The molecule has 0 bridgehead atoms. The molecule has 5 nitrogen and oxygen atoms in total. The van der Waals surface area contributed by atoms with Crippen LogP contribution in [0.15, 0.2) is 29.0 Å². The van der Waals surface area contributed by atoms with Gasteiger partial charge in [0.1, 0.15) is 5.65 Å². The molecule has 1 N–H and O–H groups in total. The van der Waals surface area contributed by atoms with Crippen molar-refractivity contribution >= 4 is 11.0 Å². The summed E-state index contributed by atoms with van der Waals surface area (Å²) in [5.74, 6) is 2.48. The topological polar surface area (TPSA) is 67.6 Å². The Balaban J connectivity index is 1.77. The first kappa shape index (κ1) is 10.7. The van der Waals surface area contributed by atoms with Crippen LogP contribution < -0.4 is 0 Å². The van der Waals surface area contributed by atoms with Crippen molar-refractivity contribution in [2.75, 3.05) is 0 Å². The molecular weight excluding hydrogens is 240 g/mol. The van der Waals surface area contributed by atoms with Crippen LogP contribution in [0, 0.1) is 5.92 Å². The predicted octanol–water partition coefficient (Wildman–Crippen LogP) is 3.13. The van der Waals surface area contributed by atoms with Crippen LogP contribution in [0.3, 0.4) is 0 Å². The van der Waals surface area contributed by atoms with Gasteiger partial charge in [-0.05, 0) is 30.9 Å². The Bertz CT molecular complexity index is 726. The summed E-state index contributed by atoms with van der Waals surface area (Å²) in [6.45, 7) is 2.16. The highest BCUT2D eigenvalue weighted by molar-refractivity contribution is 5.90. The zero-order valence-corrected chi connectivity index (χ0v) is 10.6. The van der Waals surface area contributed by atoms with E-state index in [1.807, 2.05) is 18.3 Å². The quantitative estimate of drug-likeness (QED) is 0.779. The summed E-state index contributed by atoms with van der Waals surface area (Å²) in [5.41, 5.74) is 1.81. The van der Waals surface area contributed by atoms with E-state index in [1.165, 1.54) is 12.8 Å². The van der Waals surface area contributed by atoms with Gasteiger partial charge in [0.15, 0.2) is 0 Å². The molecule has 1 saturated carbocycles. The van der Waals surface area contributed by atoms with Gasteiger partial charge in [0.25, 0.3) is 0 Å². The van der Waals surface area contributed by atoms with E-state index in [9.17, 15) is 0 Å². The molecule has 1 unspecified atom stereocenters. The van der Waals surface area contributed by atoms with E-state index in [0.29, 0.717) is 11.7 Å². The first-order valence-electron chi connectivity index (χ1n) is 6.59. The average Bonchev–Trinajstić information content (AvgIpc) is 2.98. The van der Waals surface area contributed by atoms with Crippen molar-refractivity contribution in [3.8, 4) is 11.4 Å². The Morgan fingerprint density at radius 3 is 3.11 bits per heavy atom. The minimum absolute atomic E-state index is 0.366. The third kappa shape index (κ3) is 1.73. The smallest absolute Gasteiger partial charge is 0.230 e. The molecule has 19 heavy (non-hydrogen) atoms. The van der Waals surface area contributed by atoms with Crippen LogP contribution in [-0.4, -0.2) is 20.1 Å².